The Balaban J connectivity index is 1.73. The Kier molecular flexibility index (Phi) is 6.56. The number of alkyl halides is 6. The fourth-order valence-electron chi connectivity index (χ4n) is 3.71. The van der Waals surface area contributed by atoms with Crippen molar-refractivity contribution >= 4 is 0 Å². The first-order valence-corrected chi connectivity index (χ1v) is 9.70. The van der Waals surface area contributed by atoms with E-state index in [1.54, 1.807) is 0 Å². The summed E-state index contributed by atoms with van der Waals surface area (Å²) in [6.45, 7) is 2.92. The van der Waals surface area contributed by atoms with E-state index in [2.05, 4.69) is 4.90 Å². The van der Waals surface area contributed by atoms with Gasteiger partial charge < -0.3 is 0 Å². The molecule has 1 nitrogen and oxygen atoms in total. The molecule has 158 valence electrons. The van der Waals surface area contributed by atoms with Gasteiger partial charge in [0, 0.05) is 6.54 Å². The van der Waals surface area contributed by atoms with Crippen molar-refractivity contribution in [1.29, 1.82) is 0 Å². The van der Waals surface area contributed by atoms with Gasteiger partial charge in [0.15, 0.2) is 0 Å². The van der Waals surface area contributed by atoms with E-state index < -0.39 is 23.5 Å². The highest BCUT2D eigenvalue weighted by Gasteiger charge is 2.36. The molecular formula is C22H23F6N. The number of rotatable bonds is 5. The van der Waals surface area contributed by atoms with Crippen LogP contribution in [-0.4, -0.2) is 18.0 Å². The third-order valence-electron chi connectivity index (χ3n) is 5.20. The van der Waals surface area contributed by atoms with E-state index in [4.69, 9.17) is 0 Å². The second kappa shape index (κ2) is 8.78. The zero-order chi connectivity index (χ0) is 21.1. The molecule has 0 unspecified atom stereocenters. The normalized spacial score (nSPS) is 16.2. The first-order chi connectivity index (χ1) is 13.6. The number of aryl methyl sites for hydroxylation is 2. The highest BCUT2D eigenvalue weighted by molar-refractivity contribution is 5.34. The number of hydrogen-bond acceptors (Lipinski definition) is 1. The molecule has 0 N–H and O–H groups in total. The Labute approximate surface area is 166 Å². The average Bonchev–Trinajstić information content (AvgIpc) is 2.66. The first-order valence-electron chi connectivity index (χ1n) is 9.70. The molecule has 29 heavy (non-hydrogen) atoms. The molecule has 7 heteroatoms. The van der Waals surface area contributed by atoms with Gasteiger partial charge in [-0.1, -0.05) is 30.7 Å². The van der Waals surface area contributed by atoms with Crippen LogP contribution in [0.25, 0.3) is 0 Å². The molecule has 0 amide bonds. The molecule has 0 saturated carbocycles. The second-order valence-electron chi connectivity index (χ2n) is 7.57. The summed E-state index contributed by atoms with van der Waals surface area (Å²) in [5, 5.41) is 0. The van der Waals surface area contributed by atoms with Crippen LogP contribution in [0.15, 0.2) is 42.5 Å². The molecule has 1 fully saturated rings. The van der Waals surface area contributed by atoms with E-state index in [1.165, 1.54) is 19.3 Å². The highest BCUT2D eigenvalue weighted by atomic mass is 19.4. The van der Waals surface area contributed by atoms with Crippen LogP contribution in [0.4, 0.5) is 26.3 Å². The van der Waals surface area contributed by atoms with Crippen molar-refractivity contribution in [1.82, 2.24) is 4.90 Å². The van der Waals surface area contributed by atoms with Crippen molar-refractivity contribution in [3.05, 3.63) is 70.3 Å². The van der Waals surface area contributed by atoms with Gasteiger partial charge in [-0.2, -0.15) is 26.3 Å². The SMILES string of the molecule is FC(F)(F)c1cc(CCc2cccc(CN3CCCCC3)c2)cc(C(F)(F)F)c1. The van der Waals surface area contributed by atoms with E-state index in [1.807, 2.05) is 24.3 Å². The number of hydrogen-bond donors (Lipinski definition) is 0. The summed E-state index contributed by atoms with van der Waals surface area (Å²) >= 11 is 0. The molecular weight excluding hydrogens is 392 g/mol. The summed E-state index contributed by atoms with van der Waals surface area (Å²) < 4.78 is 78.0. The van der Waals surface area contributed by atoms with Crippen molar-refractivity contribution in [3.8, 4) is 0 Å². The lowest BCUT2D eigenvalue weighted by molar-refractivity contribution is -0.143. The van der Waals surface area contributed by atoms with Crippen molar-refractivity contribution in [2.75, 3.05) is 13.1 Å². The zero-order valence-corrected chi connectivity index (χ0v) is 15.9. The second-order valence-corrected chi connectivity index (χ2v) is 7.57. The lowest BCUT2D eigenvalue weighted by Crippen LogP contribution is -2.29. The molecule has 2 aromatic carbocycles. The number of benzene rings is 2. The summed E-state index contributed by atoms with van der Waals surface area (Å²) in [7, 11) is 0. The predicted octanol–water partition coefficient (Wildman–Crippen LogP) is 6.50. The highest BCUT2D eigenvalue weighted by Crippen LogP contribution is 2.36. The minimum atomic E-state index is -4.82. The van der Waals surface area contributed by atoms with Crippen molar-refractivity contribution in [2.24, 2.45) is 0 Å². The fourth-order valence-corrected chi connectivity index (χ4v) is 3.71. The van der Waals surface area contributed by atoms with Gasteiger partial charge >= 0.3 is 12.4 Å². The quantitative estimate of drug-likeness (QED) is 0.504. The maximum absolute atomic E-state index is 13.0. The summed E-state index contributed by atoms with van der Waals surface area (Å²) in [5.74, 6) is 0. The Hall–Kier alpha value is -2.02. The maximum Gasteiger partial charge on any atom is 0.416 e. The topological polar surface area (TPSA) is 3.24 Å². The summed E-state index contributed by atoms with van der Waals surface area (Å²) in [4.78, 5) is 2.37. The minimum Gasteiger partial charge on any atom is -0.299 e. The zero-order valence-electron chi connectivity index (χ0n) is 15.9. The van der Waals surface area contributed by atoms with Gasteiger partial charge in [0.1, 0.15) is 0 Å². The Bertz CT molecular complexity index is 787. The monoisotopic (exact) mass is 415 g/mol. The molecule has 0 atom stereocenters. The number of piperidine rings is 1. The van der Waals surface area contributed by atoms with Crippen LogP contribution in [-0.2, 0) is 31.7 Å². The van der Waals surface area contributed by atoms with Crippen molar-refractivity contribution in [2.45, 2.75) is 51.0 Å². The van der Waals surface area contributed by atoms with Crippen LogP contribution in [0.1, 0.15) is 47.1 Å². The van der Waals surface area contributed by atoms with Crippen LogP contribution in [0.3, 0.4) is 0 Å². The van der Waals surface area contributed by atoms with Gasteiger partial charge in [0.05, 0.1) is 11.1 Å². The molecule has 0 radical (unpaired) electrons. The van der Waals surface area contributed by atoms with Crippen LogP contribution >= 0.6 is 0 Å². The molecule has 0 aliphatic carbocycles. The van der Waals surface area contributed by atoms with E-state index >= 15 is 0 Å². The van der Waals surface area contributed by atoms with Gasteiger partial charge in [0.2, 0.25) is 0 Å². The molecule has 0 spiro atoms. The van der Waals surface area contributed by atoms with E-state index in [-0.39, 0.29) is 18.1 Å². The first kappa shape index (κ1) is 21.7. The summed E-state index contributed by atoms with van der Waals surface area (Å²) in [5.41, 5.74) is -0.467. The number of likely N-dealkylation sites (tertiary alicyclic amines) is 1. The number of nitrogens with zero attached hydrogens (tertiary/aromatic N) is 1. The van der Waals surface area contributed by atoms with Gasteiger partial charge in [-0.05, 0) is 73.7 Å². The standard InChI is InChI=1S/C22H23F6N/c23-21(24,25)19-12-17(13-20(14-19)22(26,27)28)8-7-16-5-4-6-18(11-16)15-29-9-2-1-3-10-29/h4-6,11-14H,1-3,7-10,15H2. The molecule has 3 rings (SSSR count). The average molecular weight is 415 g/mol. The van der Waals surface area contributed by atoms with Gasteiger partial charge in [-0.3, -0.25) is 4.90 Å². The van der Waals surface area contributed by atoms with E-state index in [0.29, 0.717) is 6.42 Å². The van der Waals surface area contributed by atoms with Crippen LogP contribution in [0.2, 0.25) is 0 Å². The molecule has 0 bridgehead atoms. The molecule has 1 aliphatic rings. The molecule has 0 aromatic heterocycles. The van der Waals surface area contributed by atoms with Crippen molar-refractivity contribution in [3.63, 3.8) is 0 Å². The largest absolute Gasteiger partial charge is 0.416 e. The molecule has 1 saturated heterocycles. The fraction of sp³-hybridized carbons (Fsp3) is 0.455. The van der Waals surface area contributed by atoms with Gasteiger partial charge in [-0.15, -0.1) is 0 Å². The van der Waals surface area contributed by atoms with E-state index in [9.17, 15) is 26.3 Å². The summed E-state index contributed by atoms with van der Waals surface area (Å²) in [6, 6.07) is 9.54. The molecule has 2 aromatic rings. The van der Waals surface area contributed by atoms with Crippen LogP contribution < -0.4 is 0 Å². The lowest BCUT2D eigenvalue weighted by Gasteiger charge is -2.26. The molecule has 1 aliphatic heterocycles. The minimum absolute atomic E-state index is 0.0357. The summed E-state index contributed by atoms with van der Waals surface area (Å²) in [6.07, 6.45) is -5.54. The van der Waals surface area contributed by atoms with E-state index in [0.717, 1.165) is 42.9 Å². The Morgan fingerprint density at radius 1 is 0.655 bits per heavy atom. The molecule has 1 heterocycles. The third kappa shape index (κ3) is 6.23. The Morgan fingerprint density at radius 3 is 1.79 bits per heavy atom. The third-order valence-corrected chi connectivity index (χ3v) is 5.20. The Morgan fingerprint density at radius 2 is 1.21 bits per heavy atom. The van der Waals surface area contributed by atoms with Crippen LogP contribution in [0, 0.1) is 0 Å². The lowest BCUT2D eigenvalue weighted by atomic mass is 9.98. The predicted molar refractivity (Wildman–Crippen MR) is 99.4 cm³/mol. The number of halogens is 6. The van der Waals surface area contributed by atoms with Gasteiger partial charge in [0.25, 0.3) is 0 Å². The van der Waals surface area contributed by atoms with Crippen LogP contribution in [0.5, 0.6) is 0 Å². The van der Waals surface area contributed by atoms with Gasteiger partial charge in [-0.25, -0.2) is 0 Å². The smallest absolute Gasteiger partial charge is 0.299 e. The maximum atomic E-state index is 13.0. The van der Waals surface area contributed by atoms with Crippen molar-refractivity contribution < 1.29 is 26.3 Å².